The summed E-state index contributed by atoms with van der Waals surface area (Å²) in [6.45, 7) is 0.668. The van der Waals surface area contributed by atoms with Crippen molar-refractivity contribution in [1.82, 2.24) is 0 Å². The van der Waals surface area contributed by atoms with E-state index in [2.05, 4.69) is 18.2 Å². The summed E-state index contributed by atoms with van der Waals surface area (Å²) in [5.74, 6) is 0.925. The molecule has 17 heavy (non-hydrogen) atoms. The van der Waals surface area contributed by atoms with Crippen LogP contribution in [-0.2, 0) is 4.79 Å². The normalized spacial score (nSPS) is 10.4. The molecule has 0 aliphatic carbocycles. The molecule has 0 N–H and O–H groups in total. The van der Waals surface area contributed by atoms with Gasteiger partial charge in [0.15, 0.2) is 0 Å². The fraction of sp³-hybridized carbons (Fsp3) is 0.267. The van der Waals surface area contributed by atoms with Gasteiger partial charge < -0.3 is 9.53 Å². The molecule has 0 aliphatic rings. The van der Waals surface area contributed by atoms with Gasteiger partial charge in [-0.3, -0.25) is 0 Å². The van der Waals surface area contributed by atoms with Crippen LogP contribution in [0.2, 0.25) is 0 Å². The van der Waals surface area contributed by atoms with E-state index in [9.17, 15) is 4.79 Å². The monoisotopic (exact) mass is 228 g/mol. The number of hydrogen-bond donors (Lipinski definition) is 0. The molecule has 0 aliphatic heterocycles. The van der Waals surface area contributed by atoms with E-state index < -0.39 is 0 Å². The number of ether oxygens (including phenoxy) is 1. The van der Waals surface area contributed by atoms with Crippen molar-refractivity contribution in [2.75, 3.05) is 6.61 Å². The molecule has 2 rings (SSSR count). The molecular formula is C15H16O2. The fourth-order valence-electron chi connectivity index (χ4n) is 1.83. The van der Waals surface area contributed by atoms with Gasteiger partial charge in [0.25, 0.3) is 0 Å². The number of hydrogen-bond acceptors (Lipinski definition) is 2. The van der Waals surface area contributed by atoms with E-state index in [-0.39, 0.29) is 0 Å². The summed E-state index contributed by atoms with van der Waals surface area (Å²) in [5.41, 5.74) is 0. The molecule has 0 radical (unpaired) electrons. The fourth-order valence-corrected chi connectivity index (χ4v) is 1.83. The lowest BCUT2D eigenvalue weighted by molar-refractivity contribution is -0.107. The Morgan fingerprint density at radius 1 is 1.00 bits per heavy atom. The lowest BCUT2D eigenvalue weighted by atomic mass is 10.1. The third-order valence-electron chi connectivity index (χ3n) is 2.72. The molecule has 0 fully saturated rings. The zero-order valence-electron chi connectivity index (χ0n) is 9.76. The highest BCUT2D eigenvalue weighted by Gasteiger charge is 2.00. The van der Waals surface area contributed by atoms with Crippen LogP contribution in [0.5, 0.6) is 5.75 Å². The molecule has 2 nitrogen and oxygen atoms in total. The van der Waals surface area contributed by atoms with Gasteiger partial charge in [-0.1, -0.05) is 36.4 Å². The van der Waals surface area contributed by atoms with E-state index in [0.29, 0.717) is 13.0 Å². The van der Waals surface area contributed by atoms with Crippen LogP contribution in [0.3, 0.4) is 0 Å². The Hall–Kier alpha value is -1.83. The van der Waals surface area contributed by atoms with E-state index in [1.54, 1.807) is 0 Å². The predicted octanol–water partition coefficient (Wildman–Crippen LogP) is 3.59. The first-order valence-corrected chi connectivity index (χ1v) is 5.96. The molecule has 0 saturated carbocycles. The zero-order chi connectivity index (χ0) is 11.9. The Morgan fingerprint density at radius 3 is 2.71 bits per heavy atom. The van der Waals surface area contributed by atoms with Crippen molar-refractivity contribution < 1.29 is 9.53 Å². The highest BCUT2D eigenvalue weighted by molar-refractivity contribution is 5.88. The lowest BCUT2D eigenvalue weighted by Crippen LogP contribution is -1.97. The van der Waals surface area contributed by atoms with E-state index in [1.165, 1.54) is 5.39 Å². The molecule has 0 spiro atoms. The van der Waals surface area contributed by atoms with Gasteiger partial charge in [0.05, 0.1) is 6.61 Å². The smallest absolute Gasteiger partial charge is 0.127 e. The van der Waals surface area contributed by atoms with Gasteiger partial charge in [0, 0.05) is 11.8 Å². The van der Waals surface area contributed by atoms with Crippen molar-refractivity contribution in [3.05, 3.63) is 42.5 Å². The van der Waals surface area contributed by atoms with Crippen LogP contribution in [0.1, 0.15) is 19.3 Å². The number of benzene rings is 2. The highest BCUT2D eigenvalue weighted by atomic mass is 16.5. The van der Waals surface area contributed by atoms with Gasteiger partial charge in [-0.15, -0.1) is 0 Å². The molecule has 0 aromatic heterocycles. The second-order valence-corrected chi connectivity index (χ2v) is 3.99. The molecular weight excluding hydrogens is 212 g/mol. The predicted molar refractivity (Wildman–Crippen MR) is 69.4 cm³/mol. The van der Waals surface area contributed by atoms with Crippen molar-refractivity contribution in [2.24, 2.45) is 0 Å². The second-order valence-electron chi connectivity index (χ2n) is 3.99. The standard InChI is InChI=1S/C15H16O2/c16-11-4-1-5-12-17-15-10-6-8-13-7-2-3-9-14(13)15/h2-3,6-11H,1,4-5,12H2. The Bertz CT molecular complexity index is 486. The third kappa shape index (κ3) is 3.06. The number of aldehydes is 1. The molecule has 0 unspecified atom stereocenters. The molecule has 0 bridgehead atoms. The summed E-state index contributed by atoms with van der Waals surface area (Å²) < 4.78 is 5.75. The zero-order valence-corrected chi connectivity index (χ0v) is 9.76. The quantitative estimate of drug-likeness (QED) is 0.558. The van der Waals surface area contributed by atoms with E-state index >= 15 is 0 Å². The Labute approximate surface area is 101 Å². The average molecular weight is 228 g/mol. The summed E-state index contributed by atoms with van der Waals surface area (Å²) in [7, 11) is 0. The first-order chi connectivity index (χ1) is 8.42. The number of fused-ring (bicyclic) bond motifs is 1. The first kappa shape index (κ1) is 11.6. The van der Waals surface area contributed by atoms with Crippen molar-refractivity contribution >= 4 is 17.1 Å². The summed E-state index contributed by atoms with van der Waals surface area (Å²) in [6.07, 6.45) is 3.40. The van der Waals surface area contributed by atoms with Gasteiger partial charge in [-0.05, 0) is 24.3 Å². The van der Waals surface area contributed by atoms with Gasteiger partial charge in [0.1, 0.15) is 12.0 Å². The van der Waals surface area contributed by atoms with E-state index in [1.807, 2.05) is 24.3 Å². The van der Waals surface area contributed by atoms with Crippen molar-refractivity contribution in [3.8, 4) is 5.75 Å². The first-order valence-electron chi connectivity index (χ1n) is 5.96. The van der Waals surface area contributed by atoms with Crippen LogP contribution in [-0.4, -0.2) is 12.9 Å². The SMILES string of the molecule is O=CCCCCOc1cccc2ccccc12. The number of rotatable bonds is 6. The summed E-state index contributed by atoms with van der Waals surface area (Å²) in [5, 5.41) is 2.34. The summed E-state index contributed by atoms with van der Waals surface area (Å²) >= 11 is 0. The maximum atomic E-state index is 10.2. The molecule has 2 aromatic carbocycles. The minimum Gasteiger partial charge on any atom is -0.493 e. The maximum Gasteiger partial charge on any atom is 0.127 e. The van der Waals surface area contributed by atoms with Crippen molar-refractivity contribution in [2.45, 2.75) is 19.3 Å². The average Bonchev–Trinajstić information content (AvgIpc) is 2.39. The van der Waals surface area contributed by atoms with Crippen LogP contribution >= 0.6 is 0 Å². The molecule has 0 heterocycles. The van der Waals surface area contributed by atoms with Crippen LogP contribution in [0.15, 0.2) is 42.5 Å². The van der Waals surface area contributed by atoms with Crippen LogP contribution in [0, 0.1) is 0 Å². The van der Waals surface area contributed by atoms with Gasteiger partial charge in [-0.2, -0.15) is 0 Å². The van der Waals surface area contributed by atoms with Crippen molar-refractivity contribution in [3.63, 3.8) is 0 Å². The van der Waals surface area contributed by atoms with Crippen LogP contribution in [0.4, 0.5) is 0 Å². The van der Waals surface area contributed by atoms with Gasteiger partial charge >= 0.3 is 0 Å². The summed E-state index contributed by atoms with van der Waals surface area (Å²) in [4.78, 5) is 10.2. The molecule has 88 valence electrons. The molecule has 0 atom stereocenters. The number of carbonyl (C=O) groups is 1. The largest absolute Gasteiger partial charge is 0.493 e. The van der Waals surface area contributed by atoms with Gasteiger partial charge in [-0.25, -0.2) is 0 Å². The number of unbranched alkanes of at least 4 members (excludes halogenated alkanes) is 2. The van der Waals surface area contributed by atoms with E-state index in [4.69, 9.17) is 4.74 Å². The minimum atomic E-state index is 0.624. The third-order valence-corrected chi connectivity index (χ3v) is 2.72. The van der Waals surface area contributed by atoms with Crippen LogP contribution < -0.4 is 4.74 Å². The summed E-state index contributed by atoms with van der Waals surface area (Å²) in [6, 6.07) is 14.3. The Kier molecular flexibility index (Phi) is 4.14. The second kappa shape index (κ2) is 6.04. The minimum absolute atomic E-state index is 0.624. The maximum absolute atomic E-state index is 10.2. The molecule has 2 heteroatoms. The van der Waals surface area contributed by atoms with E-state index in [0.717, 1.165) is 30.3 Å². The Balaban J connectivity index is 2.01. The Morgan fingerprint density at radius 2 is 1.82 bits per heavy atom. The van der Waals surface area contributed by atoms with Crippen molar-refractivity contribution in [1.29, 1.82) is 0 Å². The molecule has 2 aromatic rings. The lowest BCUT2D eigenvalue weighted by Gasteiger charge is -2.08. The molecule has 0 amide bonds. The number of carbonyl (C=O) groups excluding carboxylic acids is 1. The molecule has 0 saturated heterocycles. The van der Waals surface area contributed by atoms with Crippen LogP contribution in [0.25, 0.3) is 10.8 Å². The highest BCUT2D eigenvalue weighted by Crippen LogP contribution is 2.25. The van der Waals surface area contributed by atoms with Gasteiger partial charge in [0.2, 0.25) is 0 Å². The topological polar surface area (TPSA) is 26.3 Å².